The van der Waals surface area contributed by atoms with Crippen LogP contribution in [0.25, 0.3) is 0 Å². The molecular weight excluding hydrogens is 355 g/mol. The molecule has 0 aliphatic rings. The van der Waals surface area contributed by atoms with E-state index in [9.17, 15) is 0 Å². The third kappa shape index (κ3) is 4.07. The molecule has 6 heteroatoms. The number of halogens is 2. The van der Waals surface area contributed by atoms with Crippen LogP contribution in [-0.2, 0) is 12.3 Å². The van der Waals surface area contributed by atoms with Gasteiger partial charge in [0, 0.05) is 40.0 Å². The molecule has 0 radical (unpaired) electrons. The summed E-state index contributed by atoms with van der Waals surface area (Å²) in [5, 5.41) is 5.92. The molecule has 1 aromatic carbocycles. The van der Waals surface area contributed by atoms with Gasteiger partial charge in [-0.05, 0) is 40.1 Å². The smallest absolute Gasteiger partial charge is 0.0946 e. The van der Waals surface area contributed by atoms with Crippen LogP contribution in [0, 0.1) is 0 Å². The Bertz CT molecular complexity index is 712. The van der Waals surface area contributed by atoms with Gasteiger partial charge in [0.1, 0.15) is 0 Å². The Balaban J connectivity index is 1.81. The minimum atomic E-state index is 0.249. The topological polar surface area (TPSA) is 17.8 Å². The largest absolute Gasteiger partial charge is 0.336 e. The van der Waals surface area contributed by atoms with Gasteiger partial charge >= 0.3 is 0 Å². The molecule has 0 N–H and O–H groups in total. The lowest BCUT2D eigenvalue weighted by molar-refractivity contribution is 0.683. The Morgan fingerprint density at radius 2 is 2.18 bits per heavy atom. The Morgan fingerprint density at radius 3 is 2.86 bits per heavy atom. The highest BCUT2D eigenvalue weighted by Gasteiger charge is 2.17. The van der Waals surface area contributed by atoms with Crippen molar-refractivity contribution in [2.24, 2.45) is 0 Å². The molecule has 22 heavy (non-hydrogen) atoms. The summed E-state index contributed by atoms with van der Waals surface area (Å²) in [5.74, 6) is 0.960. The second kappa shape index (κ2) is 7.55. The first kappa shape index (κ1) is 15.9. The fourth-order valence-electron chi connectivity index (χ4n) is 2.16. The molecule has 114 valence electrons. The zero-order valence-corrected chi connectivity index (χ0v) is 14.8. The third-order valence-electron chi connectivity index (χ3n) is 3.28. The van der Waals surface area contributed by atoms with Crippen molar-refractivity contribution in [3.8, 4) is 0 Å². The summed E-state index contributed by atoms with van der Waals surface area (Å²) in [7, 11) is 0. The van der Waals surface area contributed by atoms with Crippen LogP contribution in [-0.4, -0.2) is 9.55 Å². The quantitative estimate of drug-likeness (QED) is 0.536. The maximum absolute atomic E-state index is 6.40. The molecule has 0 saturated carbocycles. The highest BCUT2D eigenvalue weighted by atomic mass is 35.5. The average molecular weight is 369 g/mol. The summed E-state index contributed by atoms with van der Waals surface area (Å²) in [5.41, 5.74) is 2.45. The highest BCUT2D eigenvalue weighted by Crippen LogP contribution is 2.38. The minimum absolute atomic E-state index is 0.249. The molecule has 1 atom stereocenters. The molecule has 0 fully saturated rings. The number of aromatic nitrogens is 2. The van der Waals surface area contributed by atoms with Crippen molar-refractivity contribution in [3.05, 3.63) is 74.9 Å². The fraction of sp³-hybridized carbons (Fsp3) is 0.188. The number of thiophene rings is 1. The fourth-order valence-corrected chi connectivity index (χ4v) is 4.78. The lowest BCUT2D eigenvalue weighted by atomic mass is 10.1. The normalized spacial score (nSPS) is 12.5. The predicted molar refractivity (Wildman–Crippen MR) is 97.0 cm³/mol. The Hall–Kier alpha value is -0.940. The van der Waals surface area contributed by atoms with Crippen LogP contribution >= 0.6 is 46.3 Å². The van der Waals surface area contributed by atoms with Gasteiger partial charge in [-0.25, -0.2) is 4.98 Å². The summed E-state index contributed by atoms with van der Waals surface area (Å²) in [4.78, 5) is 4.12. The summed E-state index contributed by atoms with van der Waals surface area (Å²) >= 11 is 16.0. The SMILES string of the molecule is Clc1ccc(C(Cn2ccnc2)SCc2ccsc2)c(Cl)c1. The second-order valence-electron chi connectivity index (χ2n) is 4.86. The number of rotatable bonds is 6. The number of imidazole rings is 1. The monoisotopic (exact) mass is 368 g/mol. The van der Waals surface area contributed by atoms with Gasteiger partial charge in [0.25, 0.3) is 0 Å². The first-order valence-electron chi connectivity index (χ1n) is 6.76. The average Bonchev–Trinajstić information content (AvgIpc) is 3.17. The van der Waals surface area contributed by atoms with E-state index < -0.39 is 0 Å². The molecular formula is C16H14Cl2N2S2. The van der Waals surface area contributed by atoms with Crippen molar-refractivity contribution in [2.45, 2.75) is 17.5 Å². The molecule has 2 heterocycles. The van der Waals surface area contributed by atoms with Gasteiger partial charge in [0.05, 0.1) is 6.33 Å². The van der Waals surface area contributed by atoms with Gasteiger partial charge in [-0.3, -0.25) is 0 Å². The third-order valence-corrected chi connectivity index (χ3v) is 5.88. The molecule has 0 aliphatic carbocycles. The zero-order chi connectivity index (χ0) is 15.4. The zero-order valence-electron chi connectivity index (χ0n) is 11.7. The number of benzene rings is 1. The van der Waals surface area contributed by atoms with Gasteiger partial charge < -0.3 is 4.57 Å². The Kier molecular flexibility index (Phi) is 5.47. The van der Waals surface area contributed by atoms with Crippen molar-refractivity contribution < 1.29 is 0 Å². The van der Waals surface area contributed by atoms with Gasteiger partial charge in [-0.2, -0.15) is 11.3 Å². The van der Waals surface area contributed by atoms with Gasteiger partial charge in [0.15, 0.2) is 0 Å². The van der Waals surface area contributed by atoms with E-state index >= 15 is 0 Å². The van der Waals surface area contributed by atoms with E-state index in [0.29, 0.717) is 5.02 Å². The molecule has 3 aromatic rings. The molecule has 0 aliphatic heterocycles. The van der Waals surface area contributed by atoms with Crippen LogP contribution in [0.5, 0.6) is 0 Å². The standard InChI is InChI=1S/C16H14Cl2N2S2/c17-13-1-2-14(15(18)7-13)16(8-20-5-4-19-11-20)22-10-12-3-6-21-9-12/h1-7,9,11,16H,8,10H2. The number of hydrogen-bond donors (Lipinski definition) is 0. The van der Waals surface area contributed by atoms with Crippen LogP contribution in [0.3, 0.4) is 0 Å². The number of nitrogens with zero attached hydrogens (tertiary/aromatic N) is 2. The van der Waals surface area contributed by atoms with E-state index in [-0.39, 0.29) is 5.25 Å². The van der Waals surface area contributed by atoms with Gasteiger partial charge in [-0.15, -0.1) is 11.8 Å². The van der Waals surface area contributed by atoms with E-state index in [1.165, 1.54) is 5.56 Å². The summed E-state index contributed by atoms with van der Waals surface area (Å²) < 4.78 is 2.08. The van der Waals surface area contributed by atoms with E-state index in [4.69, 9.17) is 23.2 Å². The van der Waals surface area contributed by atoms with Crippen LogP contribution < -0.4 is 0 Å². The van der Waals surface area contributed by atoms with Crippen molar-refractivity contribution in [1.82, 2.24) is 9.55 Å². The van der Waals surface area contributed by atoms with Crippen molar-refractivity contribution in [1.29, 1.82) is 0 Å². The van der Waals surface area contributed by atoms with Crippen molar-refractivity contribution >= 4 is 46.3 Å². The maximum Gasteiger partial charge on any atom is 0.0946 e. The molecule has 0 spiro atoms. The van der Waals surface area contributed by atoms with Crippen molar-refractivity contribution in [3.63, 3.8) is 0 Å². The molecule has 2 aromatic heterocycles. The van der Waals surface area contributed by atoms with E-state index in [1.807, 2.05) is 42.5 Å². The minimum Gasteiger partial charge on any atom is -0.336 e. The van der Waals surface area contributed by atoms with E-state index in [1.54, 1.807) is 17.5 Å². The summed E-state index contributed by atoms with van der Waals surface area (Å²) in [6, 6.07) is 7.89. The maximum atomic E-state index is 6.40. The van der Waals surface area contributed by atoms with Crippen LogP contribution in [0.2, 0.25) is 10.0 Å². The van der Waals surface area contributed by atoms with E-state index in [0.717, 1.165) is 22.9 Å². The molecule has 0 bridgehead atoms. The molecule has 0 amide bonds. The van der Waals surface area contributed by atoms with Gasteiger partial charge in [0.2, 0.25) is 0 Å². The summed E-state index contributed by atoms with van der Waals surface area (Å²) in [6.07, 6.45) is 5.61. The molecule has 3 rings (SSSR count). The second-order valence-corrected chi connectivity index (χ2v) is 7.67. The molecule has 2 nitrogen and oxygen atoms in total. The van der Waals surface area contributed by atoms with Crippen LogP contribution in [0.1, 0.15) is 16.4 Å². The van der Waals surface area contributed by atoms with E-state index in [2.05, 4.69) is 26.4 Å². The number of hydrogen-bond acceptors (Lipinski definition) is 3. The highest BCUT2D eigenvalue weighted by molar-refractivity contribution is 7.98. The Morgan fingerprint density at radius 1 is 1.27 bits per heavy atom. The van der Waals surface area contributed by atoms with Gasteiger partial charge in [-0.1, -0.05) is 29.3 Å². The summed E-state index contributed by atoms with van der Waals surface area (Å²) in [6.45, 7) is 0.830. The lowest BCUT2D eigenvalue weighted by Crippen LogP contribution is -2.06. The van der Waals surface area contributed by atoms with Crippen LogP contribution in [0.15, 0.2) is 53.7 Å². The first-order chi connectivity index (χ1) is 10.7. The first-order valence-corrected chi connectivity index (χ1v) is 9.50. The van der Waals surface area contributed by atoms with Crippen molar-refractivity contribution in [2.75, 3.05) is 0 Å². The molecule has 1 unspecified atom stereocenters. The molecule has 0 saturated heterocycles. The predicted octanol–water partition coefficient (Wildman–Crippen LogP) is 5.93. The lowest BCUT2D eigenvalue weighted by Gasteiger charge is -2.19. The van der Waals surface area contributed by atoms with Crippen LogP contribution in [0.4, 0.5) is 0 Å². The number of thioether (sulfide) groups is 1. The Labute approximate surface area is 148 Å².